The molecule has 1 aliphatic heterocycles. The number of piperazine rings is 1. The van der Waals surface area contributed by atoms with Crippen LogP contribution < -0.4 is 5.32 Å². The summed E-state index contributed by atoms with van der Waals surface area (Å²) in [6, 6.07) is 7.76. The van der Waals surface area contributed by atoms with Gasteiger partial charge in [0.1, 0.15) is 6.04 Å². The van der Waals surface area contributed by atoms with Crippen LogP contribution in [0.15, 0.2) is 30.3 Å². The third-order valence-electron chi connectivity index (χ3n) is 3.82. The molecule has 0 spiro atoms. The zero-order valence-electron chi connectivity index (χ0n) is 12.9. The predicted molar refractivity (Wildman–Crippen MR) is 81.7 cm³/mol. The number of amides is 1. The average molecular weight is 320 g/mol. The smallest absolute Gasteiger partial charge is 0.328 e. The summed E-state index contributed by atoms with van der Waals surface area (Å²) in [7, 11) is 1.28. The lowest BCUT2D eigenvalue weighted by atomic mass is 10.0. The topological polar surface area (TPSA) is 95.9 Å². The summed E-state index contributed by atoms with van der Waals surface area (Å²) in [5.41, 5.74) is 0.906. The van der Waals surface area contributed by atoms with Gasteiger partial charge in [0, 0.05) is 19.5 Å². The number of carbonyl (C=O) groups excluding carboxylic acids is 2. The Labute approximate surface area is 134 Å². The molecular weight excluding hydrogens is 300 g/mol. The quantitative estimate of drug-likeness (QED) is 0.719. The number of methoxy groups -OCH3 is 1. The molecule has 1 aromatic rings. The van der Waals surface area contributed by atoms with Crippen LogP contribution in [-0.2, 0) is 25.5 Å². The zero-order valence-corrected chi connectivity index (χ0v) is 12.9. The maximum atomic E-state index is 12.5. The molecule has 0 bridgehead atoms. The molecule has 7 heteroatoms. The SMILES string of the molecule is COC(=O)[C@H](Cc1ccccc1)N1CCN[C@@H](CC(=O)O)C1=O. The van der Waals surface area contributed by atoms with Crippen molar-refractivity contribution in [3.63, 3.8) is 0 Å². The average Bonchev–Trinajstić information content (AvgIpc) is 2.55. The van der Waals surface area contributed by atoms with E-state index in [4.69, 9.17) is 9.84 Å². The summed E-state index contributed by atoms with van der Waals surface area (Å²) < 4.78 is 4.83. The molecule has 0 radical (unpaired) electrons. The van der Waals surface area contributed by atoms with Crippen molar-refractivity contribution < 1.29 is 24.2 Å². The highest BCUT2D eigenvalue weighted by Crippen LogP contribution is 2.15. The normalized spacial score (nSPS) is 19.3. The molecule has 0 saturated carbocycles. The minimum absolute atomic E-state index is 0.311. The Kier molecular flexibility index (Phi) is 5.70. The van der Waals surface area contributed by atoms with Crippen molar-refractivity contribution in [2.75, 3.05) is 20.2 Å². The van der Waals surface area contributed by atoms with Gasteiger partial charge in [-0.25, -0.2) is 4.79 Å². The highest BCUT2D eigenvalue weighted by Gasteiger charge is 2.37. The number of hydrogen-bond donors (Lipinski definition) is 2. The maximum absolute atomic E-state index is 12.5. The van der Waals surface area contributed by atoms with Crippen LogP contribution in [0.5, 0.6) is 0 Å². The molecule has 7 nitrogen and oxygen atoms in total. The van der Waals surface area contributed by atoms with Crippen molar-refractivity contribution in [2.45, 2.75) is 24.9 Å². The van der Waals surface area contributed by atoms with Gasteiger partial charge >= 0.3 is 11.9 Å². The van der Waals surface area contributed by atoms with E-state index in [0.29, 0.717) is 19.5 Å². The third kappa shape index (κ3) is 4.29. The van der Waals surface area contributed by atoms with Crippen molar-refractivity contribution in [3.8, 4) is 0 Å². The Hall–Kier alpha value is -2.41. The van der Waals surface area contributed by atoms with Crippen LogP contribution in [0.25, 0.3) is 0 Å². The number of carboxylic acids is 1. The van der Waals surface area contributed by atoms with Crippen molar-refractivity contribution in [3.05, 3.63) is 35.9 Å². The number of rotatable bonds is 6. The Morgan fingerprint density at radius 3 is 2.70 bits per heavy atom. The van der Waals surface area contributed by atoms with Crippen molar-refractivity contribution in [2.24, 2.45) is 0 Å². The first-order chi connectivity index (χ1) is 11.0. The second-order valence-corrected chi connectivity index (χ2v) is 5.36. The van der Waals surface area contributed by atoms with Gasteiger partial charge in [0.05, 0.1) is 19.6 Å². The van der Waals surface area contributed by atoms with E-state index in [0.717, 1.165) is 5.56 Å². The Morgan fingerprint density at radius 2 is 2.09 bits per heavy atom. The number of ether oxygens (including phenoxy) is 1. The molecule has 1 saturated heterocycles. The lowest BCUT2D eigenvalue weighted by Gasteiger charge is -2.37. The summed E-state index contributed by atoms with van der Waals surface area (Å²) in [6.45, 7) is 0.771. The van der Waals surface area contributed by atoms with Gasteiger partial charge in [-0.3, -0.25) is 9.59 Å². The summed E-state index contributed by atoms with van der Waals surface area (Å²) in [5, 5.41) is 11.8. The van der Waals surface area contributed by atoms with E-state index in [1.807, 2.05) is 30.3 Å². The highest BCUT2D eigenvalue weighted by atomic mass is 16.5. The van der Waals surface area contributed by atoms with Gasteiger partial charge in [0.25, 0.3) is 0 Å². The Morgan fingerprint density at radius 1 is 1.39 bits per heavy atom. The van der Waals surface area contributed by atoms with Gasteiger partial charge in [-0.1, -0.05) is 30.3 Å². The molecule has 2 rings (SSSR count). The molecule has 0 aromatic heterocycles. The molecule has 2 atom stereocenters. The molecule has 1 heterocycles. The van der Waals surface area contributed by atoms with E-state index in [9.17, 15) is 14.4 Å². The second-order valence-electron chi connectivity index (χ2n) is 5.36. The number of nitrogens with zero attached hydrogens (tertiary/aromatic N) is 1. The summed E-state index contributed by atoms with van der Waals surface area (Å²) in [4.78, 5) is 36.9. The number of carboxylic acid groups (broad SMARTS) is 1. The summed E-state index contributed by atoms with van der Waals surface area (Å²) in [5.74, 6) is -1.95. The summed E-state index contributed by atoms with van der Waals surface area (Å²) >= 11 is 0. The van der Waals surface area contributed by atoms with E-state index >= 15 is 0 Å². The van der Waals surface area contributed by atoms with Crippen LogP contribution in [0.3, 0.4) is 0 Å². The van der Waals surface area contributed by atoms with Gasteiger partial charge < -0.3 is 20.1 Å². The highest BCUT2D eigenvalue weighted by molar-refractivity contribution is 5.90. The number of aliphatic carboxylic acids is 1. The van der Waals surface area contributed by atoms with E-state index in [2.05, 4.69) is 5.32 Å². The van der Waals surface area contributed by atoms with Crippen molar-refractivity contribution in [1.82, 2.24) is 10.2 Å². The van der Waals surface area contributed by atoms with Crippen LogP contribution >= 0.6 is 0 Å². The van der Waals surface area contributed by atoms with Crippen LogP contribution in [0.1, 0.15) is 12.0 Å². The first-order valence-corrected chi connectivity index (χ1v) is 7.40. The molecule has 0 unspecified atom stereocenters. The molecule has 1 aliphatic rings. The molecule has 1 amide bonds. The first kappa shape index (κ1) is 17.0. The molecule has 2 N–H and O–H groups in total. The second kappa shape index (κ2) is 7.73. The van der Waals surface area contributed by atoms with Gasteiger partial charge in [-0.2, -0.15) is 0 Å². The van der Waals surface area contributed by atoms with Crippen LogP contribution in [0.2, 0.25) is 0 Å². The van der Waals surface area contributed by atoms with Gasteiger partial charge in [0.15, 0.2) is 0 Å². The Bertz CT molecular complexity index is 575. The van der Waals surface area contributed by atoms with Crippen LogP contribution in [0, 0.1) is 0 Å². The first-order valence-electron chi connectivity index (χ1n) is 7.40. The predicted octanol–water partition coefficient (Wildman–Crippen LogP) is 0.0458. The summed E-state index contributed by atoms with van der Waals surface area (Å²) in [6.07, 6.45) is 0.0214. The van der Waals surface area contributed by atoms with Gasteiger partial charge in [0.2, 0.25) is 5.91 Å². The zero-order chi connectivity index (χ0) is 16.8. The molecule has 1 aromatic carbocycles. The van der Waals surface area contributed by atoms with Crippen molar-refractivity contribution in [1.29, 1.82) is 0 Å². The fraction of sp³-hybridized carbons (Fsp3) is 0.438. The third-order valence-corrected chi connectivity index (χ3v) is 3.82. The van der Waals surface area contributed by atoms with Crippen LogP contribution in [0.4, 0.5) is 0 Å². The largest absolute Gasteiger partial charge is 0.481 e. The number of hydrogen-bond acceptors (Lipinski definition) is 5. The maximum Gasteiger partial charge on any atom is 0.328 e. The Balaban J connectivity index is 2.19. The van der Waals surface area contributed by atoms with Gasteiger partial charge in [-0.15, -0.1) is 0 Å². The number of carbonyl (C=O) groups is 3. The minimum atomic E-state index is -1.06. The van der Waals surface area contributed by atoms with E-state index in [-0.39, 0.29) is 12.3 Å². The molecule has 124 valence electrons. The van der Waals surface area contributed by atoms with Gasteiger partial charge in [-0.05, 0) is 5.56 Å². The molecule has 1 fully saturated rings. The fourth-order valence-corrected chi connectivity index (χ4v) is 2.69. The molecule has 23 heavy (non-hydrogen) atoms. The number of esters is 1. The fourth-order valence-electron chi connectivity index (χ4n) is 2.69. The standard InChI is InChI=1S/C16H20N2O5/c1-23-16(22)13(9-11-5-3-2-4-6-11)18-8-7-17-12(15(18)21)10-14(19)20/h2-6,12-13,17H,7-10H2,1H3,(H,19,20)/t12-,13-/m0/s1. The lowest BCUT2D eigenvalue weighted by Crippen LogP contribution is -2.60. The van der Waals surface area contributed by atoms with Crippen LogP contribution in [-0.4, -0.2) is 60.1 Å². The lowest BCUT2D eigenvalue weighted by molar-refractivity contribution is -0.155. The van der Waals surface area contributed by atoms with Crippen molar-refractivity contribution >= 4 is 17.8 Å². The molecule has 0 aliphatic carbocycles. The minimum Gasteiger partial charge on any atom is -0.481 e. The number of benzene rings is 1. The van der Waals surface area contributed by atoms with E-state index < -0.39 is 24.0 Å². The van der Waals surface area contributed by atoms with E-state index in [1.54, 1.807) is 0 Å². The number of nitrogens with one attached hydrogen (secondary N) is 1. The molecular formula is C16H20N2O5. The monoisotopic (exact) mass is 320 g/mol. The van der Waals surface area contributed by atoms with E-state index in [1.165, 1.54) is 12.0 Å².